The van der Waals surface area contributed by atoms with E-state index in [0.717, 1.165) is 23.1 Å². The van der Waals surface area contributed by atoms with E-state index in [1.54, 1.807) is 13.2 Å². The molecular weight excluding hydrogens is 384 g/mol. The predicted octanol–water partition coefficient (Wildman–Crippen LogP) is 4.83. The summed E-state index contributed by atoms with van der Waals surface area (Å²) in [5, 5.41) is 12.3. The van der Waals surface area contributed by atoms with Crippen LogP contribution in [0.25, 0.3) is 11.4 Å². The fourth-order valence-electron chi connectivity index (χ4n) is 2.94. The third kappa shape index (κ3) is 5.17. The molecule has 3 rings (SSSR count). The maximum Gasteiger partial charge on any atom is 0.234 e. The van der Waals surface area contributed by atoms with Crippen LogP contribution in [0.2, 0.25) is 0 Å². The number of thioether (sulfide) groups is 1. The molecule has 0 aliphatic carbocycles. The highest BCUT2D eigenvalue weighted by Gasteiger charge is 2.15. The molecule has 0 fully saturated rings. The molecule has 0 unspecified atom stereocenters. The molecular formula is C22H26N4O2S. The van der Waals surface area contributed by atoms with Crippen molar-refractivity contribution in [3.63, 3.8) is 0 Å². The maximum absolute atomic E-state index is 12.3. The number of hydrogen-bond acceptors (Lipinski definition) is 5. The number of benzene rings is 2. The van der Waals surface area contributed by atoms with E-state index in [-0.39, 0.29) is 11.7 Å². The molecule has 29 heavy (non-hydrogen) atoms. The van der Waals surface area contributed by atoms with Crippen LogP contribution in [0.15, 0.2) is 53.7 Å². The molecule has 1 aromatic heterocycles. The van der Waals surface area contributed by atoms with Gasteiger partial charge in [-0.2, -0.15) is 0 Å². The predicted molar refractivity (Wildman–Crippen MR) is 118 cm³/mol. The van der Waals surface area contributed by atoms with Gasteiger partial charge in [0.15, 0.2) is 11.0 Å². The third-order valence-corrected chi connectivity index (χ3v) is 5.52. The molecule has 0 bridgehead atoms. The quantitative estimate of drug-likeness (QED) is 0.539. The highest BCUT2D eigenvalue weighted by Crippen LogP contribution is 2.26. The topological polar surface area (TPSA) is 69.0 Å². The molecule has 0 aliphatic rings. The first-order valence-electron chi connectivity index (χ1n) is 9.62. The number of nitrogens with zero attached hydrogens (tertiary/aromatic N) is 3. The van der Waals surface area contributed by atoms with Crippen LogP contribution in [0.1, 0.15) is 32.3 Å². The highest BCUT2D eigenvalue weighted by molar-refractivity contribution is 7.99. The van der Waals surface area contributed by atoms with Gasteiger partial charge in [0, 0.05) is 23.9 Å². The molecule has 1 N–H and O–H groups in total. The van der Waals surface area contributed by atoms with Gasteiger partial charge in [0.25, 0.3) is 0 Å². The monoisotopic (exact) mass is 410 g/mol. The van der Waals surface area contributed by atoms with Crippen molar-refractivity contribution in [2.75, 3.05) is 18.2 Å². The molecule has 7 heteroatoms. The Kier molecular flexibility index (Phi) is 6.93. The largest absolute Gasteiger partial charge is 0.497 e. The van der Waals surface area contributed by atoms with Crippen molar-refractivity contribution in [1.29, 1.82) is 0 Å². The van der Waals surface area contributed by atoms with E-state index in [0.29, 0.717) is 17.4 Å². The number of anilines is 1. The van der Waals surface area contributed by atoms with Crippen molar-refractivity contribution in [3.05, 3.63) is 54.1 Å². The standard InChI is InChI=1S/C22H26N4O2S/c1-5-26-21(17-11-9-16(10-12-17)15(2)3)24-25-22(26)29-14-20(27)23-18-7-6-8-19(13-18)28-4/h6-13,15H,5,14H2,1-4H3,(H,23,27). The number of carbonyl (C=O) groups excluding carboxylic acids is 1. The van der Waals surface area contributed by atoms with Crippen molar-refractivity contribution < 1.29 is 9.53 Å². The minimum atomic E-state index is -0.100. The molecule has 0 radical (unpaired) electrons. The van der Waals surface area contributed by atoms with Gasteiger partial charge < -0.3 is 14.6 Å². The van der Waals surface area contributed by atoms with Crippen LogP contribution in [0.4, 0.5) is 5.69 Å². The van der Waals surface area contributed by atoms with E-state index in [9.17, 15) is 4.79 Å². The highest BCUT2D eigenvalue weighted by atomic mass is 32.2. The second-order valence-electron chi connectivity index (χ2n) is 6.90. The molecule has 1 heterocycles. The summed E-state index contributed by atoms with van der Waals surface area (Å²) in [5.41, 5.74) is 3.02. The van der Waals surface area contributed by atoms with Crippen molar-refractivity contribution in [3.8, 4) is 17.1 Å². The molecule has 0 atom stereocenters. The van der Waals surface area contributed by atoms with E-state index in [1.807, 2.05) is 22.8 Å². The van der Waals surface area contributed by atoms with Crippen LogP contribution >= 0.6 is 11.8 Å². The zero-order valence-corrected chi connectivity index (χ0v) is 18.0. The Bertz CT molecular complexity index is 967. The number of methoxy groups -OCH3 is 1. The van der Waals surface area contributed by atoms with E-state index in [2.05, 4.69) is 60.6 Å². The van der Waals surface area contributed by atoms with Crippen molar-refractivity contribution in [2.24, 2.45) is 0 Å². The zero-order chi connectivity index (χ0) is 20.8. The first-order valence-corrected chi connectivity index (χ1v) is 10.6. The fourth-order valence-corrected chi connectivity index (χ4v) is 3.74. The molecule has 2 aromatic carbocycles. The van der Waals surface area contributed by atoms with Crippen LogP contribution in [0.3, 0.4) is 0 Å². The Balaban J connectivity index is 1.67. The molecule has 1 amide bonds. The molecule has 0 saturated heterocycles. The summed E-state index contributed by atoms with van der Waals surface area (Å²) >= 11 is 1.38. The summed E-state index contributed by atoms with van der Waals surface area (Å²) in [6.45, 7) is 7.13. The lowest BCUT2D eigenvalue weighted by Gasteiger charge is -2.09. The summed E-state index contributed by atoms with van der Waals surface area (Å²) in [6, 6.07) is 15.7. The Labute approximate surface area is 175 Å². The molecule has 3 aromatic rings. The van der Waals surface area contributed by atoms with Crippen molar-refractivity contribution in [2.45, 2.75) is 38.4 Å². The molecule has 0 aliphatic heterocycles. The summed E-state index contributed by atoms with van der Waals surface area (Å²) in [5.74, 6) is 2.16. The van der Waals surface area contributed by atoms with Gasteiger partial charge in [-0.05, 0) is 30.5 Å². The molecule has 0 saturated carbocycles. The summed E-state index contributed by atoms with van der Waals surface area (Å²) in [4.78, 5) is 12.3. The van der Waals surface area contributed by atoms with Gasteiger partial charge >= 0.3 is 0 Å². The number of rotatable bonds is 8. The first-order chi connectivity index (χ1) is 14.0. The number of amides is 1. The minimum Gasteiger partial charge on any atom is -0.497 e. The summed E-state index contributed by atoms with van der Waals surface area (Å²) in [7, 11) is 1.60. The SMILES string of the molecule is CCn1c(SCC(=O)Nc2cccc(OC)c2)nnc1-c1ccc(C(C)C)cc1. The average molecular weight is 411 g/mol. The second kappa shape index (κ2) is 9.60. The maximum atomic E-state index is 12.3. The minimum absolute atomic E-state index is 0.100. The smallest absolute Gasteiger partial charge is 0.234 e. The normalized spacial score (nSPS) is 10.9. The first kappa shape index (κ1) is 20.9. The van der Waals surface area contributed by atoms with E-state index in [1.165, 1.54) is 17.3 Å². The third-order valence-electron chi connectivity index (χ3n) is 4.55. The van der Waals surface area contributed by atoms with Crippen LogP contribution in [-0.4, -0.2) is 33.5 Å². The van der Waals surface area contributed by atoms with Gasteiger partial charge in [0.1, 0.15) is 5.75 Å². The number of carbonyl (C=O) groups is 1. The molecule has 6 nitrogen and oxygen atoms in total. The van der Waals surface area contributed by atoms with Gasteiger partial charge in [0.05, 0.1) is 12.9 Å². The molecule has 0 spiro atoms. The van der Waals surface area contributed by atoms with Crippen LogP contribution in [-0.2, 0) is 11.3 Å². The zero-order valence-electron chi connectivity index (χ0n) is 17.2. The lowest BCUT2D eigenvalue weighted by atomic mass is 10.0. The second-order valence-corrected chi connectivity index (χ2v) is 7.84. The van der Waals surface area contributed by atoms with Crippen LogP contribution in [0, 0.1) is 0 Å². The van der Waals surface area contributed by atoms with Crippen molar-refractivity contribution >= 4 is 23.4 Å². The number of hydrogen-bond donors (Lipinski definition) is 1. The Morgan fingerprint density at radius 2 is 1.93 bits per heavy atom. The van der Waals surface area contributed by atoms with Gasteiger partial charge in [-0.15, -0.1) is 10.2 Å². The Morgan fingerprint density at radius 1 is 1.17 bits per heavy atom. The van der Waals surface area contributed by atoms with Crippen LogP contribution in [0.5, 0.6) is 5.75 Å². The van der Waals surface area contributed by atoms with Gasteiger partial charge in [-0.25, -0.2) is 0 Å². The lowest BCUT2D eigenvalue weighted by molar-refractivity contribution is -0.113. The summed E-state index contributed by atoms with van der Waals surface area (Å²) in [6.07, 6.45) is 0. The average Bonchev–Trinajstić information content (AvgIpc) is 3.15. The van der Waals surface area contributed by atoms with Gasteiger partial charge in [-0.1, -0.05) is 55.9 Å². The van der Waals surface area contributed by atoms with Crippen molar-refractivity contribution in [1.82, 2.24) is 14.8 Å². The molecule has 152 valence electrons. The van der Waals surface area contributed by atoms with E-state index in [4.69, 9.17) is 4.74 Å². The lowest BCUT2D eigenvalue weighted by Crippen LogP contribution is -2.14. The number of nitrogens with one attached hydrogen (secondary N) is 1. The summed E-state index contributed by atoms with van der Waals surface area (Å²) < 4.78 is 7.22. The Hall–Kier alpha value is -2.80. The van der Waals surface area contributed by atoms with Gasteiger partial charge in [-0.3, -0.25) is 4.79 Å². The number of aromatic nitrogens is 3. The number of ether oxygens (including phenoxy) is 1. The van der Waals surface area contributed by atoms with E-state index < -0.39 is 0 Å². The fraction of sp³-hybridized carbons (Fsp3) is 0.318. The van der Waals surface area contributed by atoms with Gasteiger partial charge in [0.2, 0.25) is 5.91 Å². The Morgan fingerprint density at radius 3 is 2.59 bits per heavy atom. The van der Waals surface area contributed by atoms with Crippen LogP contribution < -0.4 is 10.1 Å². The van der Waals surface area contributed by atoms with E-state index >= 15 is 0 Å².